The quantitative estimate of drug-likeness (QED) is 0.235. The van der Waals surface area contributed by atoms with E-state index in [9.17, 15) is 4.79 Å². The van der Waals surface area contributed by atoms with Crippen molar-refractivity contribution < 1.29 is 33.2 Å². The van der Waals surface area contributed by atoms with Gasteiger partial charge in [0.15, 0.2) is 0 Å². The molecule has 0 spiro atoms. The number of methoxy groups -OCH3 is 2. The molecule has 0 saturated carbocycles. The van der Waals surface area contributed by atoms with Crippen LogP contribution in [0.4, 0.5) is 0 Å². The first-order chi connectivity index (χ1) is 10.7. The van der Waals surface area contributed by atoms with Crippen molar-refractivity contribution in [2.75, 3.05) is 73.7 Å². The zero-order valence-corrected chi connectivity index (χ0v) is 13.6. The number of hydrogen-bond donors (Lipinski definition) is 0. The summed E-state index contributed by atoms with van der Waals surface area (Å²) in [5, 5.41) is 0. The third kappa shape index (κ3) is 14.0. The van der Waals surface area contributed by atoms with Crippen molar-refractivity contribution in [2.24, 2.45) is 5.92 Å². The van der Waals surface area contributed by atoms with Crippen molar-refractivity contribution in [1.29, 1.82) is 0 Å². The Labute approximate surface area is 132 Å². The maximum atomic E-state index is 10.9. The van der Waals surface area contributed by atoms with Crippen molar-refractivity contribution in [2.45, 2.75) is 0 Å². The predicted octanol–water partition coefficient (Wildman–Crippen LogP) is 0.674. The van der Waals surface area contributed by atoms with Crippen molar-refractivity contribution >= 4 is 5.97 Å². The Hall–Kier alpha value is -0.990. The summed E-state index contributed by atoms with van der Waals surface area (Å²) < 4.78 is 31.1. The smallest absolute Gasteiger partial charge is 0.330 e. The highest BCUT2D eigenvalue weighted by Gasteiger charge is 2.10. The van der Waals surface area contributed by atoms with Crippen LogP contribution in [0.5, 0.6) is 0 Å². The Morgan fingerprint density at radius 1 is 0.864 bits per heavy atom. The molecular weight excluding hydrogens is 292 g/mol. The average Bonchev–Trinajstić information content (AvgIpc) is 2.54. The molecule has 0 heterocycles. The second kappa shape index (κ2) is 16.4. The third-order valence-electron chi connectivity index (χ3n) is 2.56. The summed E-state index contributed by atoms with van der Waals surface area (Å²) in [6.45, 7) is 7.50. The van der Waals surface area contributed by atoms with E-state index in [1.807, 2.05) is 0 Å². The Morgan fingerprint density at radius 2 is 1.32 bits per heavy atom. The highest BCUT2D eigenvalue weighted by molar-refractivity contribution is 5.81. The fourth-order valence-corrected chi connectivity index (χ4v) is 1.44. The molecule has 0 amide bonds. The first-order valence-corrected chi connectivity index (χ1v) is 7.24. The molecule has 0 aliphatic heterocycles. The van der Waals surface area contributed by atoms with Gasteiger partial charge in [-0.05, 0) is 0 Å². The fourth-order valence-electron chi connectivity index (χ4n) is 1.44. The Kier molecular flexibility index (Phi) is 15.6. The molecular formula is C15H28O7. The van der Waals surface area contributed by atoms with Crippen LogP contribution in [-0.4, -0.2) is 79.7 Å². The minimum absolute atomic E-state index is 0.101. The molecule has 0 unspecified atom stereocenters. The summed E-state index contributed by atoms with van der Waals surface area (Å²) in [7, 11) is 3.25. The molecule has 0 aromatic carbocycles. The van der Waals surface area contributed by atoms with Crippen LogP contribution in [0.3, 0.4) is 0 Å². The van der Waals surface area contributed by atoms with Crippen LogP contribution < -0.4 is 0 Å². The summed E-state index contributed by atoms with van der Waals surface area (Å²) in [6.07, 6.45) is 1.12. The first kappa shape index (κ1) is 21.0. The summed E-state index contributed by atoms with van der Waals surface area (Å²) in [6, 6.07) is 0. The normalized spacial score (nSPS) is 10.9. The average molecular weight is 320 g/mol. The highest BCUT2D eigenvalue weighted by atomic mass is 16.6. The summed E-state index contributed by atoms with van der Waals surface area (Å²) in [5.74, 6) is -0.352. The van der Waals surface area contributed by atoms with Crippen molar-refractivity contribution in [3.63, 3.8) is 0 Å². The molecule has 130 valence electrons. The van der Waals surface area contributed by atoms with Crippen molar-refractivity contribution in [1.82, 2.24) is 0 Å². The number of ether oxygens (including phenoxy) is 6. The molecule has 0 bridgehead atoms. The molecule has 7 nitrogen and oxygen atoms in total. The molecule has 0 radical (unpaired) electrons. The molecule has 0 N–H and O–H groups in total. The van der Waals surface area contributed by atoms with Gasteiger partial charge in [0.05, 0.1) is 52.9 Å². The molecule has 0 aliphatic rings. The van der Waals surface area contributed by atoms with E-state index in [1.165, 1.54) is 0 Å². The van der Waals surface area contributed by atoms with Crippen LogP contribution in [0.2, 0.25) is 0 Å². The first-order valence-electron chi connectivity index (χ1n) is 7.24. The van der Waals surface area contributed by atoms with E-state index in [0.29, 0.717) is 52.9 Å². The van der Waals surface area contributed by atoms with Crippen LogP contribution >= 0.6 is 0 Å². The fraction of sp³-hybridized carbons (Fsp3) is 0.800. The molecule has 0 atom stereocenters. The van der Waals surface area contributed by atoms with Crippen molar-refractivity contribution in [3.05, 3.63) is 12.7 Å². The molecule has 0 aromatic rings. The minimum atomic E-state index is -0.453. The largest absolute Gasteiger partial charge is 0.460 e. The van der Waals surface area contributed by atoms with Gasteiger partial charge in [-0.1, -0.05) is 6.58 Å². The van der Waals surface area contributed by atoms with Crippen LogP contribution in [0.15, 0.2) is 12.7 Å². The number of rotatable bonds is 16. The molecule has 22 heavy (non-hydrogen) atoms. The van der Waals surface area contributed by atoms with Gasteiger partial charge in [0.25, 0.3) is 0 Å². The number of esters is 1. The lowest BCUT2D eigenvalue weighted by molar-refractivity contribution is -0.139. The molecule has 0 fully saturated rings. The lowest BCUT2D eigenvalue weighted by Crippen LogP contribution is -2.24. The van der Waals surface area contributed by atoms with E-state index in [4.69, 9.17) is 28.4 Å². The molecule has 7 heteroatoms. The summed E-state index contributed by atoms with van der Waals surface area (Å²) in [5.41, 5.74) is 0. The van der Waals surface area contributed by atoms with Crippen LogP contribution in [0.25, 0.3) is 0 Å². The maximum absolute atomic E-state index is 10.9. The SMILES string of the molecule is C=CC(=O)OCCOCC(COCCOC)COCCOC. The van der Waals surface area contributed by atoms with Crippen molar-refractivity contribution in [3.8, 4) is 0 Å². The minimum Gasteiger partial charge on any atom is -0.460 e. The monoisotopic (exact) mass is 320 g/mol. The van der Waals surface area contributed by atoms with E-state index in [0.717, 1.165) is 6.08 Å². The van der Waals surface area contributed by atoms with E-state index in [2.05, 4.69) is 6.58 Å². The summed E-state index contributed by atoms with van der Waals surface area (Å²) in [4.78, 5) is 10.9. The number of hydrogen-bond acceptors (Lipinski definition) is 7. The second-order valence-corrected chi connectivity index (χ2v) is 4.45. The summed E-state index contributed by atoms with van der Waals surface area (Å²) >= 11 is 0. The van der Waals surface area contributed by atoms with E-state index in [1.54, 1.807) is 14.2 Å². The van der Waals surface area contributed by atoms with Gasteiger partial charge in [-0.3, -0.25) is 0 Å². The molecule has 0 saturated heterocycles. The van der Waals surface area contributed by atoms with Crippen LogP contribution in [0, 0.1) is 5.92 Å². The van der Waals surface area contributed by atoms with Gasteiger partial charge in [-0.15, -0.1) is 0 Å². The van der Waals surface area contributed by atoms with Gasteiger partial charge in [0, 0.05) is 26.2 Å². The van der Waals surface area contributed by atoms with E-state index in [-0.39, 0.29) is 12.5 Å². The molecule has 0 rings (SSSR count). The lowest BCUT2D eigenvalue weighted by atomic mass is 10.2. The van der Waals surface area contributed by atoms with Gasteiger partial charge in [0.2, 0.25) is 0 Å². The van der Waals surface area contributed by atoms with Gasteiger partial charge in [-0.25, -0.2) is 4.79 Å². The van der Waals surface area contributed by atoms with Crippen LogP contribution in [-0.2, 0) is 33.2 Å². The topological polar surface area (TPSA) is 72.5 Å². The Morgan fingerprint density at radius 3 is 1.73 bits per heavy atom. The maximum Gasteiger partial charge on any atom is 0.330 e. The van der Waals surface area contributed by atoms with Gasteiger partial charge >= 0.3 is 5.97 Å². The Balaban J connectivity index is 3.79. The van der Waals surface area contributed by atoms with Crippen LogP contribution in [0.1, 0.15) is 0 Å². The van der Waals surface area contributed by atoms with Gasteiger partial charge in [0.1, 0.15) is 6.61 Å². The van der Waals surface area contributed by atoms with Gasteiger partial charge in [-0.2, -0.15) is 0 Å². The van der Waals surface area contributed by atoms with E-state index < -0.39 is 5.97 Å². The molecule has 0 aliphatic carbocycles. The standard InChI is InChI=1S/C15H28O7/c1-4-15(16)22-10-9-21-13-14(11-19-7-5-17-2)12-20-8-6-18-3/h4,14H,1,5-13H2,2-3H3. The lowest BCUT2D eigenvalue weighted by Gasteiger charge is -2.17. The zero-order valence-electron chi connectivity index (χ0n) is 13.6. The highest BCUT2D eigenvalue weighted by Crippen LogP contribution is 2.01. The number of carbonyl (C=O) groups is 1. The third-order valence-corrected chi connectivity index (χ3v) is 2.56. The predicted molar refractivity (Wildman–Crippen MR) is 80.9 cm³/mol. The zero-order chi connectivity index (χ0) is 16.5. The second-order valence-electron chi connectivity index (χ2n) is 4.45. The van der Waals surface area contributed by atoms with Gasteiger partial charge < -0.3 is 28.4 Å². The Bertz CT molecular complexity index is 259. The van der Waals surface area contributed by atoms with E-state index >= 15 is 0 Å². The number of carbonyl (C=O) groups excluding carboxylic acids is 1. The molecule has 0 aromatic heterocycles.